The Hall–Kier alpha value is -2.21. The highest BCUT2D eigenvalue weighted by atomic mass is 16.2. The number of benzene rings is 1. The summed E-state index contributed by atoms with van der Waals surface area (Å²) in [6, 6.07) is 10.5. The van der Waals surface area contributed by atoms with Gasteiger partial charge in [0.05, 0.1) is 0 Å². The number of aromatic nitrogens is 3. The van der Waals surface area contributed by atoms with E-state index in [4.69, 9.17) is 0 Å². The van der Waals surface area contributed by atoms with E-state index in [2.05, 4.69) is 39.2 Å². The van der Waals surface area contributed by atoms with Gasteiger partial charge >= 0.3 is 0 Å². The summed E-state index contributed by atoms with van der Waals surface area (Å²) >= 11 is 0. The van der Waals surface area contributed by atoms with Gasteiger partial charge in [0.15, 0.2) is 0 Å². The van der Waals surface area contributed by atoms with Crippen molar-refractivity contribution < 1.29 is 4.79 Å². The molecule has 0 unspecified atom stereocenters. The molecular formula is C18H23N5O. The number of fused-ring (bicyclic) bond motifs is 1. The molecule has 0 atom stereocenters. The van der Waals surface area contributed by atoms with Gasteiger partial charge in [0.1, 0.15) is 6.33 Å². The van der Waals surface area contributed by atoms with Crippen molar-refractivity contribution in [2.75, 3.05) is 24.5 Å². The molecule has 6 heteroatoms. The largest absolute Gasteiger partial charge is 0.299 e. The van der Waals surface area contributed by atoms with Crippen molar-refractivity contribution in [3.8, 4) is 0 Å². The molecule has 0 N–H and O–H groups in total. The summed E-state index contributed by atoms with van der Waals surface area (Å²) in [5.74, 6) is 1.06. The molecule has 1 amide bonds. The summed E-state index contributed by atoms with van der Waals surface area (Å²) in [7, 11) is 0. The van der Waals surface area contributed by atoms with Gasteiger partial charge in [-0.15, -0.1) is 0 Å². The minimum atomic E-state index is 0.111. The van der Waals surface area contributed by atoms with E-state index in [9.17, 15) is 4.79 Å². The van der Waals surface area contributed by atoms with Gasteiger partial charge in [-0.05, 0) is 37.9 Å². The zero-order chi connectivity index (χ0) is 16.4. The highest BCUT2D eigenvalue weighted by Crippen LogP contribution is 2.25. The quantitative estimate of drug-likeness (QED) is 0.865. The van der Waals surface area contributed by atoms with Crippen LogP contribution in [0.2, 0.25) is 0 Å². The number of rotatable bonds is 3. The first-order valence-electron chi connectivity index (χ1n) is 8.77. The smallest absolute Gasteiger partial charge is 0.232 e. The Balaban J connectivity index is 1.35. The summed E-state index contributed by atoms with van der Waals surface area (Å²) in [6.07, 6.45) is 4.35. The molecule has 2 aromatic rings. The standard InChI is InChI=1S/C18H23N5O/c24-17(22-9-4-10-23-18(22)19-14-20-23)16-7-11-21(12-8-16)13-15-5-2-1-3-6-15/h1-3,5-6,14,16H,4,7-13H2. The van der Waals surface area contributed by atoms with Crippen LogP contribution in [0, 0.1) is 5.92 Å². The maximum atomic E-state index is 12.9. The van der Waals surface area contributed by atoms with Crippen LogP contribution < -0.4 is 4.90 Å². The summed E-state index contributed by atoms with van der Waals surface area (Å²) in [5, 5.41) is 4.20. The number of hydrogen-bond donors (Lipinski definition) is 0. The molecule has 2 aliphatic rings. The van der Waals surface area contributed by atoms with Crippen LogP contribution in [0.5, 0.6) is 0 Å². The molecule has 0 saturated carbocycles. The van der Waals surface area contributed by atoms with Crippen LogP contribution in [-0.2, 0) is 17.9 Å². The fraction of sp³-hybridized carbons (Fsp3) is 0.500. The predicted molar refractivity (Wildman–Crippen MR) is 91.4 cm³/mol. The van der Waals surface area contributed by atoms with E-state index in [1.54, 1.807) is 6.33 Å². The van der Waals surface area contributed by atoms with Crippen LogP contribution in [0.4, 0.5) is 5.95 Å². The molecule has 0 spiro atoms. The van der Waals surface area contributed by atoms with Crippen LogP contribution in [0.15, 0.2) is 36.7 Å². The zero-order valence-corrected chi connectivity index (χ0v) is 13.8. The van der Waals surface area contributed by atoms with Crippen molar-refractivity contribution in [3.05, 3.63) is 42.2 Å². The molecule has 3 heterocycles. The third-order valence-electron chi connectivity index (χ3n) is 5.04. The highest BCUT2D eigenvalue weighted by molar-refractivity contribution is 5.93. The van der Waals surface area contributed by atoms with Gasteiger partial charge in [-0.25, -0.2) is 4.68 Å². The maximum absolute atomic E-state index is 12.9. The molecule has 0 aliphatic carbocycles. The first kappa shape index (κ1) is 15.3. The first-order chi connectivity index (χ1) is 11.8. The minimum absolute atomic E-state index is 0.111. The van der Waals surface area contributed by atoms with E-state index in [-0.39, 0.29) is 11.8 Å². The van der Waals surface area contributed by atoms with E-state index < -0.39 is 0 Å². The van der Waals surface area contributed by atoms with Gasteiger partial charge < -0.3 is 0 Å². The summed E-state index contributed by atoms with van der Waals surface area (Å²) in [6.45, 7) is 4.55. The van der Waals surface area contributed by atoms with E-state index >= 15 is 0 Å². The van der Waals surface area contributed by atoms with Crippen LogP contribution in [0.3, 0.4) is 0 Å². The molecule has 6 nitrogen and oxygen atoms in total. The Morgan fingerprint density at radius 3 is 2.67 bits per heavy atom. The molecule has 126 valence electrons. The lowest BCUT2D eigenvalue weighted by molar-refractivity contribution is -0.124. The van der Waals surface area contributed by atoms with Crippen molar-refractivity contribution in [2.24, 2.45) is 5.92 Å². The molecule has 4 rings (SSSR count). The molecule has 2 aliphatic heterocycles. The summed E-state index contributed by atoms with van der Waals surface area (Å²) in [5.41, 5.74) is 1.34. The maximum Gasteiger partial charge on any atom is 0.232 e. The Morgan fingerprint density at radius 2 is 1.88 bits per heavy atom. The third kappa shape index (κ3) is 3.06. The lowest BCUT2D eigenvalue weighted by atomic mass is 9.94. The van der Waals surface area contributed by atoms with E-state index in [1.807, 2.05) is 15.6 Å². The summed E-state index contributed by atoms with van der Waals surface area (Å²) < 4.78 is 1.84. The fourth-order valence-corrected chi connectivity index (χ4v) is 3.71. The van der Waals surface area contributed by atoms with Crippen molar-refractivity contribution >= 4 is 11.9 Å². The van der Waals surface area contributed by atoms with Gasteiger partial charge in [-0.2, -0.15) is 10.1 Å². The van der Waals surface area contributed by atoms with Gasteiger partial charge in [0.25, 0.3) is 0 Å². The van der Waals surface area contributed by atoms with Crippen molar-refractivity contribution in [1.82, 2.24) is 19.7 Å². The Labute approximate surface area is 142 Å². The van der Waals surface area contributed by atoms with Crippen LogP contribution in [0.25, 0.3) is 0 Å². The van der Waals surface area contributed by atoms with Crippen LogP contribution >= 0.6 is 0 Å². The monoisotopic (exact) mass is 325 g/mol. The van der Waals surface area contributed by atoms with E-state index in [0.717, 1.165) is 57.9 Å². The molecule has 0 radical (unpaired) electrons. The lowest BCUT2D eigenvalue weighted by Gasteiger charge is -2.35. The second-order valence-electron chi connectivity index (χ2n) is 6.66. The normalized spacial score (nSPS) is 19.2. The van der Waals surface area contributed by atoms with E-state index in [0.29, 0.717) is 0 Å². The highest BCUT2D eigenvalue weighted by Gasteiger charge is 2.32. The van der Waals surface area contributed by atoms with Crippen LogP contribution in [-0.4, -0.2) is 45.2 Å². The number of piperidine rings is 1. The lowest BCUT2D eigenvalue weighted by Crippen LogP contribution is -2.45. The molecule has 1 aromatic heterocycles. The average Bonchev–Trinajstić information content (AvgIpc) is 3.11. The van der Waals surface area contributed by atoms with Crippen molar-refractivity contribution in [1.29, 1.82) is 0 Å². The topological polar surface area (TPSA) is 54.3 Å². The Morgan fingerprint density at radius 1 is 1.08 bits per heavy atom. The number of carbonyl (C=O) groups is 1. The molecule has 1 saturated heterocycles. The predicted octanol–water partition coefficient (Wildman–Crippen LogP) is 1.93. The molecule has 0 bridgehead atoms. The SMILES string of the molecule is O=C(C1CCN(Cc2ccccc2)CC1)N1CCCn2ncnc21. The average molecular weight is 325 g/mol. The van der Waals surface area contributed by atoms with Crippen molar-refractivity contribution in [2.45, 2.75) is 32.4 Å². The number of carbonyl (C=O) groups excluding carboxylic acids is 1. The van der Waals surface area contributed by atoms with Gasteiger partial charge in [0.2, 0.25) is 11.9 Å². The molecule has 1 aromatic carbocycles. The Kier molecular flexibility index (Phi) is 4.30. The number of hydrogen-bond acceptors (Lipinski definition) is 4. The van der Waals surface area contributed by atoms with Gasteiger partial charge in [-0.3, -0.25) is 14.6 Å². The fourth-order valence-electron chi connectivity index (χ4n) is 3.71. The van der Waals surface area contributed by atoms with E-state index in [1.165, 1.54) is 5.56 Å². The second-order valence-corrected chi connectivity index (χ2v) is 6.66. The number of likely N-dealkylation sites (tertiary alicyclic amines) is 1. The second kappa shape index (κ2) is 6.73. The van der Waals surface area contributed by atoms with Crippen molar-refractivity contribution in [3.63, 3.8) is 0 Å². The summed E-state index contributed by atoms with van der Waals surface area (Å²) in [4.78, 5) is 21.5. The first-order valence-corrected chi connectivity index (χ1v) is 8.77. The minimum Gasteiger partial charge on any atom is -0.299 e. The number of aryl methyl sites for hydroxylation is 1. The number of anilines is 1. The van der Waals surface area contributed by atoms with Gasteiger partial charge in [0, 0.05) is 25.6 Å². The molecular weight excluding hydrogens is 302 g/mol. The number of nitrogens with zero attached hydrogens (tertiary/aromatic N) is 5. The van der Waals surface area contributed by atoms with Gasteiger partial charge in [-0.1, -0.05) is 30.3 Å². The zero-order valence-electron chi connectivity index (χ0n) is 13.8. The molecule has 24 heavy (non-hydrogen) atoms. The third-order valence-corrected chi connectivity index (χ3v) is 5.04. The Bertz CT molecular complexity index is 690. The molecule has 1 fully saturated rings. The van der Waals surface area contributed by atoms with Crippen LogP contribution in [0.1, 0.15) is 24.8 Å². The number of amides is 1.